The minimum atomic E-state index is -0.0953. The Morgan fingerprint density at radius 1 is 1.36 bits per heavy atom. The van der Waals surface area contributed by atoms with Crippen LogP contribution in [-0.2, 0) is 13.6 Å². The number of carbonyl (C=O) groups excluding carboxylic acids is 1. The van der Waals surface area contributed by atoms with Gasteiger partial charge in [-0.15, -0.1) is 0 Å². The van der Waals surface area contributed by atoms with Crippen molar-refractivity contribution in [3.63, 3.8) is 0 Å². The van der Waals surface area contributed by atoms with Gasteiger partial charge < -0.3 is 10.2 Å². The Morgan fingerprint density at radius 3 is 2.91 bits per heavy atom. The molecule has 2 heterocycles. The molecule has 0 bridgehead atoms. The maximum atomic E-state index is 12.1. The maximum Gasteiger partial charge on any atom is 0.258 e. The number of hydrogen-bond acceptors (Lipinski definition) is 4. The molecule has 0 spiro atoms. The molecule has 0 saturated carbocycles. The summed E-state index contributed by atoms with van der Waals surface area (Å²) in [6.45, 7) is 0.511. The fourth-order valence-electron chi connectivity index (χ4n) is 2.42. The van der Waals surface area contributed by atoms with Crippen molar-refractivity contribution in [3.05, 3.63) is 41.7 Å². The molecule has 22 heavy (non-hydrogen) atoms. The smallest absolute Gasteiger partial charge is 0.258 e. The van der Waals surface area contributed by atoms with Gasteiger partial charge in [-0.25, -0.2) is 0 Å². The summed E-state index contributed by atoms with van der Waals surface area (Å²) < 4.78 is 1.85. The van der Waals surface area contributed by atoms with E-state index in [0.29, 0.717) is 17.9 Å². The van der Waals surface area contributed by atoms with E-state index < -0.39 is 0 Å². The highest BCUT2D eigenvalue weighted by Gasteiger charge is 2.16. The highest BCUT2D eigenvalue weighted by Crippen LogP contribution is 2.19. The summed E-state index contributed by atoms with van der Waals surface area (Å²) in [5.74, 6) is 0.510. The Labute approximate surface area is 127 Å². The summed E-state index contributed by atoms with van der Waals surface area (Å²) in [6.07, 6.45) is 1.53. The lowest BCUT2D eigenvalue weighted by atomic mass is 10.2. The molecule has 7 heteroatoms. The van der Waals surface area contributed by atoms with Gasteiger partial charge in [-0.3, -0.25) is 14.6 Å². The van der Waals surface area contributed by atoms with Crippen molar-refractivity contribution < 1.29 is 4.79 Å². The number of aromatic amines is 1. The van der Waals surface area contributed by atoms with E-state index in [-0.39, 0.29) is 5.91 Å². The summed E-state index contributed by atoms with van der Waals surface area (Å²) in [5, 5.41) is 15.6. The summed E-state index contributed by atoms with van der Waals surface area (Å²) in [7, 11) is 5.35. The van der Waals surface area contributed by atoms with Crippen molar-refractivity contribution in [2.24, 2.45) is 7.05 Å². The second-order valence-electron chi connectivity index (χ2n) is 5.30. The predicted molar refractivity (Wildman–Crippen MR) is 84.6 cm³/mol. The fourth-order valence-corrected chi connectivity index (χ4v) is 2.42. The molecule has 0 aliphatic carbocycles. The first kappa shape index (κ1) is 14.1. The van der Waals surface area contributed by atoms with Gasteiger partial charge >= 0.3 is 0 Å². The number of aromatic nitrogens is 4. The Hall–Kier alpha value is -2.83. The van der Waals surface area contributed by atoms with Crippen LogP contribution in [0.4, 0.5) is 5.82 Å². The van der Waals surface area contributed by atoms with Crippen LogP contribution >= 0.6 is 0 Å². The first-order chi connectivity index (χ1) is 10.6. The number of aryl methyl sites for hydroxylation is 1. The van der Waals surface area contributed by atoms with Crippen molar-refractivity contribution in [2.75, 3.05) is 19.4 Å². The van der Waals surface area contributed by atoms with E-state index in [9.17, 15) is 4.79 Å². The number of benzene rings is 1. The van der Waals surface area contributed by atoms with Crippen LogP contribution in [0.1, 0.15) is 16.1 Å². The van der Waals surface area contributed by atoms with E-state index >= 15 is 0 Å². The van der Waals surface area contributed by atoms with E-state index in [2.05, 4.69) is 20.6 Å². The standard InChI is InChI=1S/C15H18N6O/c1-20(2)15(22)11-8-17-18-14(11)16-9-12-10-6-4-5-7-13(10)21(3)19-12/h4-8H,9H2,1-3H3,(H2,16,17,18). The molecule has 0 saturated heterocycles. The van der Waals surface area contributed by atoms with Crippen LogP contribution in [0.3, 0.4) is 0 Å². The molecule has 0 aliphatic heterocycles. The zero-order chi connectivity index (χ0) is 15.7. The van der Waals surface area contributed by atoms with Crippen LogP contribution in [0, 0.1) is 0 Å². The molecule has 3 rings (SSSR count). The molecule has 114 valence electrons. The summed E-state index contributed by atoms with van der Waals surface area (Å²) in [4.78, 5) is 13.6. The molecular formula is C15H18N6O. The predicted octanol–water partition coefficient (Wildman–Crippen LogP) is 1.61. The first-order valence-electron chi connectivity index (χ1n) is 6.97. The average molecular weight is 298 g/mol. The molecule has 0 atom stereocenters. The van der Waals surface area contributed by atoms with E-state index in [1.165, 1.54) is 11.1 Å². The Balaban J connectivity index is 1.84. The first-order valence-corrected chi connectivity index (χ1v) is 6.97. The minimum Gasteiger partial charge on any atom is -0.364 e. The van der Waals surface area contributed by atoms with Crippen LogP contribution in [0.2, 0.25) is 0 Å². The largest absolute Gasteiger partial charge is 0.364 e. The molecule has 2 N–H and O–H groups in total. The van der Waals surface area contributed by atoms with Crippen molar-refractivity contribution in [1.82, 2.24) is 24.9 Å². The fraction of sp³-hybridized carbons (Fsp3) is 0.267. The summed E-state index contributed by atoms with van der Waals surface area (Å²) in [6, 6.07) is 8.05. The Kier molecular flexibility index (Phi) is 3.54. The highest BCUT2D eigenvalue weighted by atomic mass is 16.2. The second kappa shape index (κ2) is 5.51. The molecule has 1 aromatic carbocycles. The van der Waals surface area contributed by atoms with Crippen LogP contribution in [-0.4, -0.2) is 44.9 Å². The van der Waals surface area contributed by atoms with E-state index in [4.69, 9.17) is 0 Å². The topological polar surface area (TPSA) is 78.8 Å². The number of carbonyl (C=O) groups is 1. The van der Waals surface area contributed by atoms with Gasteiger partial charge in [-0.05, 0) is 6.07 Å². The highest BCUT2D eigenvalue weighted by molar-refractivity contribution is 5.98. The number of nitrogens with one attached hydrogen (secondary N) is 2. The zero-order valence-corrected chi connectivity index (χ0v) is 12.8. The molecule has 0 radical (unpaired) electrons. The second-order valence-corrected chi connectivity index (χ2v) is 5.30. The molecule has 2 aromatic heterocycles. The lowest BCUT2D eigenvalue weighted by Crippen LogP contribution is -2.22. The van der Waals surface area contributed by atoms with Crippen molar-refractivity contribution in [3.8, 4) is 0 Å². The minimum absolute atomic E-state index is 0.0953. The van der Waals surface area contributed by atoms with Crippen molar-refractivity contribution in [2.45, 2.75) is 6.54 Å². The Bertz CT molecular complexity index is 816. The molecule has 0 aliphatic rings. The summed E-state index contributed by atoms with van der Waals surface area (Å²) in [5.41, 5.74) is 2.52. The number of hydrogen-bond donors (Lipinski definition) is 2. The van der Waals surface area contributed by atoms with Gasteiger partial charge in [0.2, 0.25) is 0 Å². The number of H-pyrrole nitrogens is 1. The van der Waals surface area contributed by atoms with Gasteiger partial charge in [0.1, 0.15) is 11.4 Å². The number of rotatable bonds is 4. The SMILES string of the molecule is CN(C)C(=O)c1cn[nH]c1NCc1nn(C)c2ccccc12. The van der Waals surface area contributed by atoms with Gasteiger partial charge in [0.15, 0.2) is 0 Å². The zero-order valence-electron chi connectivity index (χ0n) is 12.8. The van der Waals surface area contributed by atoms with Gasteiger partial charge in [0.25, 0.3) is 5.91 Å². The normalized spacial score (nSPS) is 10.9. The lowest BCUT2D eigenvalue weighted by Gasteiger charge is -2.10. The number of fused-ring (bicyclic) bond motifs is 1. The van der Waals surface area contributed by atoms with Crippen LogP contribution in [0.25, 0.3) is 10.9 Å². The van der Waals surface area contributed by atoms with E-state index in [1.54, 1.807) is 14.1 Å². The Morgan fingerprint density at radius 2 is 2.14 bits per heavy atom. The summed E-state index contributed by atoms with van der Waals surface area (Å²) >= 11 is 0. The number of anilines is 1. The van der Waals surface area contributed by atoms with Crippen molar-refractivity contribution >= 4 is 22.6 Å². The molecule has 1 amide bonds. The molecular weight excluding hydrogens is 280 g/mol. The van der Waals surface area contributed by atoms with Gasteiger partial charge in [0.05, 0.1) is 24.0 Å². The molecule has 7 nitrogen and oxygen atoms in total. The molecule has 0 unspecified atom stereocenters. The third-order valence-electron chi connectivity index (χ3n) is 3.54. The maximum absolute atomic E-state index is 12.1. The van der Waals surface area contributed by atoms with Crippen LogP contribution in [0.15, 0.2) is 30.5 Å². The quantitative estimate of drug-likeness (QED) is 0.767. The third kappa shape index (κ3) is 2.41. The van der Waals surface area contributed by atoms with E-state index in [0.717, 1.165) is 16.6 Å². The number of nitrogens with zero attached hydrogens (tertiary/aromatic N) is 4. The van der Waals surface area contributed by atoms with Gasteiger partial charge in [-0.2, -0.15) is 10.2 Å². The average Bonchev–Trinajstić information content (AvgIpc) is 3.10. The van der Waals surface area contributed by atoms with Crippen LogP contribution < -0.4 is 5.32 Å². The van der Waals surface area contributed by atoms with Gasteiger partial charge in [-0.1, -0.05) is 18.2 Å². The van der Waals surface area contributed by atoms with Crippen molar-refractivity contribution in [1.29, 1.82) is 0 Å². The number of para-hydroxylation sites is 1. The molecule has 3 aromatic rings. The van der Waals surface area contributed by atoms with E-state index in [1.807, 2.05) is 36.0 Å². The van der Waals surface area contributed by atoms with Crippen LogP contribution in [0.5, 0.6) is 0 Å². The monoisotopic (exact) mass is 298 g/mol. The lowest BCUT2D eigenvalue weighted by molar-refractivity contribution is 0.0828. The number of amides is 1. The molecule has 0 fully saturated rings. The van der Waals surface area contributed by atoms with Gasteiger partial charge in [0, 0.05) is 26.5 Å². The third-order valence-corrected chi connectivity index (χ3v) is 3.54.